The van der Waals surface area contributed by atoms with Crippen molar-refractivity contribution in [1.82, 2.24) is 20.4 Å². The molecule has 1 aliphatic carbocycles. The van der Waals surface area contributed by atoms with E-state index < -0.39 is 11.6 Å². The highest BCUT2D eigenvalue weighted by Gasteiger charge is 2.50. The number of amides is 2. The van der Waals surface area contributed by atoms with Crippen molar-refractivity contribution in [2.75, 3.05) is 6.54 Å². The van der Waals surface area contributed by atoms with Gasteiger partial charge in [0.05, 0.1) is 0 Å². The van der Waals surface area contributed by atoms with E-state index in [9.17, 15) is 9.59 Å². The summed E-state index contributed by atoms with van der Waals surface area (Å²) in [5.74, 6) is 1.04. The number of aromatic nitrogens is 2. The number of nitrogens with one attached hydrogen (secondary N) is 1. The minimum absolute atomic E-state index is 0.0346. The number of piperazine rings is 1. The molecule has 7 heteroatoms. The Morgan fingerprint density at radius 2 is 2.10 bits per heavy atom. The van der Waals surface area contributed by atoms with Crippen molar-refractivity contribution in [3.05, 3.63) is 11.7 Å². The van der Waals surface area contributed by atoms with Crippen LogP contribution in [-0.2, 0) is 16.0 Å². The fourth-order valence-corrected chi connectivity index (χ4v) is 3.26. The zero-order chi connectivity index (χ0) is 15.0. The Kier molecular flexibility index (Phi) is 3.43. The van der Waals surface area contributed by atoms with Gasteiger partial charge in [0.15, 0.2) is 5.82 Å². The zero-order valence-corrected chi connectivity index (χ0v) is 12.4. The van der Waals surface area contributed by atoms with Crippen molar-refractivity contribution in [2.24, 2.45) is 0 Å². The Bertz CT molecular complexity index is 562. The molecule has 0 bridgehead atoms. The fourth-order valence-electron chi connectivity index (χ4n) is 3.26. The van der Waals surface area contributed by atoms with Crippen molar-refractivity contribution in [1.29, 1.82) is 0 Å². The van der Waals surface area contributed by atoms with E-state index >= 15 is 0 Å². The molecule has 1 saturated heterocycles. The summed E-state index contributed by atoms with van der Waals surface area (Å²) in [5, 5.41) is 6.78. The average Bonchev–Trinajstić information content (AvgIpc) is 3.07. The average molecular weight is 292 g/mol. The van der Waals surface area contributed by atoms with Gasteiger partial charge in [0.2, 0.25) is 17.7 Å². The SMILES string of the molecule is Cc1nc(CCN2C(=O)C3(CCCC3)NC(=O)C2C)no1. The quantitative estimate of drug-likeness (QED) is 0.880. The fraction of sp³-hybridized carbons (Fsp3) is 0.714. The van der Waals surface area contributed by atoms with E-state index in [-0.39, 0.29) is 11.8 Å². The zero-order valence-electron chi connectivity index (χ0n) is 12.4. The molecule has 0 radical (unpaired) electrons. The molecular formula is C14H20N4O3. The van der Waals surface area contributed by atoms with E-state index in [1.165, 1.54) is 0 Å². The van der Waals surface area contributed by atoms with E-state index in [0.717, 1.165) is 25.7 Å². The van der Waals surface area contributed by atoms with Crippen LogP contribution in [0, 0.1) is 6.92 Å². The van der Waals surface area contributed by atoms with Crippen LogP contribution in [-0.4, -0.2) is 45.0 Å². The maximum absolute atomic E-state index is 12.8. The van der Waals surface area contributed by atoms with Crippen molar-refractivity contribution in [3.63, 3.8) is 0 Å². The van der Waals surface area contributed by atoms with Crippen molar-refractivity contribution >= 4 is 11.8 Å². The third-order valence-electron chi connectivity index (χ3n) is 4.48. The summed E-state index contributed by atoms with van der Waals surface area (Å²) < 4.78 is 4.93. The molecule has 3 rings (SSSR count). The van der Waals surface area contributed by atoms with E-state index in [4.69, 9.17) is 4.52 Å². The number of rotatable bonds is 3. The minimum Gasteiger partial charge on any atom is -0.340 e. The van der Waals surface area contributed by atoms with Gasteiger partial charge in [-0.25, -0.2) is 0 Å². The van der Waals surface area contributed by atoms with Crippen molar-refractivity contribution in [3.8, 4) is 0 Å². The van der Waals surface area contributed by atoms with E-state index in [0.29, 0.717) is 24.7 Å². The van der Waals surface area contributed by atoms with Gasteiger partial charge in [-0.3, -0.25) is 9.59 Å². The molecular weight excluding hydrogens is 272 g/mol. The lowest BCUT2D eigenvalue weighted by Gasteiger charge is -2.43. The highest BCUT2D eigenvalue weighted by atomic mass is 16.5. The van der Waals surface area contributed by atoms with Crippen LogP contribution >= 0.6 is 0 Å². The van der Waals surface area contributed by atoms with Crippen molar-refractivity contribution < 1.29 is 14.1 Å². The Labute approximate surface area is 123 Å². The van der Waals surface area contributed by atoms with Gasteiger partial charge < -0.3 is 14.7 Å². The van der Waals surface area contributed by atoms with Crippen LogP contribution in [0.5, 0.6) is 0 Å². The van der Waals surface area contributed by atoms with Gasteiger partial charge in [-0.05, 0) is 19.8 Å². The molecule has 1 spiro atoms. The van der Waals surface area contributed by atoms with Gasteiger partial charge in [-0.1, -0.05) is 18.0 Å². The summed E-state index contributed by atoms with van der Waals surface area (Å²) >= 11 is 0. The first-order chi connectivity index (χ1) is 10.0. The first-order valence-corrected chi connectivity index (χ1v) is 7.44. The molecule has 1 unspecified atom stereocenters. The minimum atomic E-state index is -0.670. The third kappa shape index (κ3) is 2.41. The molecule has 1 atom stereocenters. The lowest BCUT2D eigenvalue weighted by Crippen LogP contribution is -2.69. The summed E-state index contributed by atoms with van der Waals surface area (Å²) in [4.78, 5) is 30.8. The third-order valence-corrected chi connectivity index (χ3v) is 4.48. The van der Waals surface area contributed by atoms with Crippen LogP contribution in [0.3, 0.4) is 0 Å². The molecule has 7 nitrogen and oxygen atoms in total. The second-order valence-electron chi connectivity index (χ2n) is 5.93. The normalized spacial score (nSPS) is 24.7. The lowest BCUT2D eigenvalue weighted by atomic mass is 9.91. The molecule has 114 valence electrons. The monoisotopic (exact) mass is 292 g/mol. The van der Waals surface area contributed by atoms with Crippen molar-refractivity contribution in [2.45, 2.75) is 57.5 Å². The smallest absolute Gasteiger partial charge is 0.249 e. The summed E-state index contributed by atoms with van der Waals surface area (Å²) in [6.45, 7) is 3.93. The first kappa shape index (κ1) is 14.0. The van der Waals surface area contributed by atoms with E-state index in [1.54, 1.807) is 18.7 Å². The number of carbonyl (C=O) groups is 2. The lowest BCUT2D eigenvalue weighted by molar-refractivity contribution is -0.154. The Balaban J connectivity index is 1.75. The topological polar surface area (TPSA) is 88.3 Å². The van der Waals surface area contributed by atoms with Crippen LogP contribution in [0.1, 0.15) is 44.3 Å². The summed E-state index contributed by atoms with van der Waals surface area (Å²) in [5.41, 5.74) is -0.670. The predicted octanol–water partition coefficient (Wildman–Crippen LogP) is 0.580. The molecule has 1 N–H and O–H groups in total. The van der Waals surface area contributed by atoms with Gasteiger partial charge in [0.1, 0.15) is 11.6 Å². The second-order valence-corrected chi connectivity index (χ2v) is 5.93. The Morgan fingerprint density at radius 1 is 1.38 bits per heavy atom. The summed E-state index contributed by atoms with van der Waals surface area (Å²) in [7, 11) is 0. The molecule has 1 aliphatic heterocycles. The van der Waals surface area contributed by atoms with Crippen LogP contribution in [0.15, 0.2) is 4.52 Å². The Hall–Kier alpha value is -1.92. The maximum atomic E-state index is 12.8. The molecule has 0 aromatic carbocycles. The standard InChI is InChI=1S/C14H20N4O3/c1-9-12(19)16-14(6-3-4-7-14)13(20)18(9)8-5-11-15-10(2)21-17-11/h9H,3-8H2,1-2H3,(H,16,19). The van der Waals surface area contributed by atoms with E-state index in [2.05, 4.69) is 15.5 Å². The van der Waals surface area contributed by atoms with Gasteiger partial charge >= 0.3 is 0 Å². The van der Waals surface area contributed by atoms with Gasteiger partial charge in [-0.15, -0.1) is 0 Å². The molecule has 1 saturated carbocycles. The van der Waals surface area contributed by atoms with Gasteiger partial charge in [0.25, 0.3) is 0 Å². The Morgan fingerprint density at radius 3 is 2.71 bits per heavy atom. The van der Waals surface area contributed by atoms with Crippen LogP contribution in [0.4, 0.5) is 0 Å². The van der Waals surface area contributed by atoms with Crippen LogP contribution in [0.2, 0.25) is 0 Å². The largest absolute Gasteiger partial charge is 0.340 e. The number of hydrogen-bond donors (Lipinski definition) is 1. The van der Waals surface area contributed by atoms with Gasteiger partial charge in [0, 0.05) is 19.9 Å². The highest BCUT2D eigenvalue weighted by molar-refractivity contribution is 5.99. The maximum Gasteiger partial charge on any atom is 0.249 e. The number of hydrogen-bond acceptors (Lipinski definition) is 5. The van der Waals surface area contributed by atoms with E-state index in [1.807, 2.05) is 0 Å². The number of aryl methyl sites for hydroxylation is 1. The molecule has 2 fully saturated rings. The van der Waals surface area contributed by atoms with Crippen LogP contribution in [0.25, 0.3) is 0 Å². The molecule has 2 amide bonds. The molecule has 2 aliphatic rings. The molecule has 21 heavy (non-hydrogen) atoms. The predicted molar refractivity (Wildman–Crippen MR) is 73.3 cm³/mol. The second kappa shape index (κ2) is 5.13. The molecule has 1 aromatic heterocycles. The van der Waals surface area contributed by atoms with Gasteiger partial charge in [-0.2, -0.15) is 4.98 Å². The number of carbonyl (C=O) groups excluding carboxylic acids is 2. The highest BCUT2D eigenvalue weighted by Crippen LogP contribution is 2.34. The number of nitrogens with zero attached hydrogens (tertiary/aromatic N) is 3. The molecule has 2 heterocycles. The van der Waals surface area contributed by atoms with Crippen LogP contribution < -0.4 is 5.32 Å². The molecule has 1 aromatic rings. The summed E-state index contributed by atoms with van der Waals surface area (Å²) in [6.07, 6.45) is 3.94. The first-order valence-electron chi connectivity index (χ1n) is 7.44. The summed E-state index contributed by atoms with van der Waals surface area (Å²) in [6, 6.07) is -0.447.